The summed E-state index contributed by atoms with van der Waals surface area (Å²) in [5.41, 5.74) is -0.925. The van der Waals surface area contributed by atoms with Gasteiger partial charge in [-0.3, -0.25) is 9.59 Å². The summed E-state index contributed by atoms with van der Waals surface area (Å²) >= 11 is 0. The van der Waals surface area contributed by atoms with E-state index >= 15 is 0 Å². The van der Waals surface area contributed by atoms with Crippen molar-refractivity contribution in [3.05, 3.63) is 0 Å². The third-order valence-electron chi connectivity index (χ3n) is 3.39. The third kappa shape index (κ3) is 12.3. The molecule has 0 aromatic heterocycles. The zero-order chi connectivity index (χ0) is 19.3. The zero-order valence-corrected chi connectivity index (χ0v) is 16.8. The molecule has 0 saturated heterocycles. The van der Waals surface area contributed by atoms with Crippen LogP contribution < -0.4 is 10.6 Å². The largest absolute Gasteiger partial charge is 0.396 e. The Balaban J connectivity index is 3.65. The molecule has 9 heteroatoms. The Bertz CT molecular complexity index is 433. The van der Waals surface area contributed by atoms with Crippen LogP contribution >= 0.6 is 21.6 Å². The van der Waals surface area contributed by atoms with E-state index in [2.05, 4.69) is 10.6 Å². The summed E-state index contributed by atoms with van der Waals surface area (Å²) in [6.07, 6.45) is 0.295. The predicted molar refractivity (Wildman–Crippen MR) is 102 cm³/mol. The number of carbonyl (C=O) groups is 3. The monoisotopic (exact) mass is 394 g/mol. The van der Waals surface area contributed by atoms with Crippen molar-refractivity contribution in [1.82, 2.24) is 10.6 Å². The van der Waals surface area contributed by atoms with Crippen LogP contribution in [0.5, 0.6) is 0 Å². The molecule has 0 aliphatic carbocycles. The fraction of sp³-hybridized carbons (Fsp3) is 0.812. The van der Waals surface area contributed by atoms with E-state index in [1.165, 1.54) is 0 Å². The van der Waals surface area contributed by atoms with Crippen LogP contribution in [-0.4, -0.2) is 65.1 Å². The molecule has 0 spiro atoms. The maximum atomic E-state index is 11.7. The second kappa shape index (κ2) is 13.4. The van der Waals surface area contributed by atoms with E-state index in [4.69, 9.17) is 5.11 Å². The smallest absolute Gasteiger partial charge is 0.249 e. The van der Waals surface area contributed by atoms with Gasteiger partial charge in [0, 0.05) is 42.9 Å². The molecule has 7 nitrogen and oxygen atoms in total. The molecule has 0 rings (SSSR count). The molecule has 0 aromatic rings. The Labute approximate surface area is 157 Å². The minimum atomic E-state index is -1.32. The highest BCUT2D eigenvalue weighted by molar-refractivity contribution is 8.76. The quantitative estimate of drug-likeness (QED) is 0.254. The molecule has 25 heavy (non-hydrogen) atoms. The van der Waals surface area contributed by atoms with Crippen LogP contribution in [0.2, 0.25) is 0 Å². The van der Waals surface area contributed by atoms with Gasteiger partial charge in [0.1, 0.15) is 11.9 Å². The second-order valence-electron chi connectivity index (χ2n) is 6.39. The number of aliphatic hydroxyl groups excluding tert-OH is 2. The lowest BCUT2D eigenvalue weighted by atomic mass is 9.87. The molecule has 0 unspecified atom stereocenters. The van der Waals surface area contributed by atoms with Gasteiger partial charge in [0.25, 0.3) is 0 Å². The average Bonchev–Trinajstić information content (AvgIpc) is 2.56. The lowest BCUT2D eigenvalue weighted by molar-refractivity contribution is -0.137. The van der Waals surface area contributed by atoms with Crippen LogP contribution in [-0.2, 0) is 14.4 Å². The Morgan fingerprint density at radius 2 is 1.68 bits per heavy atom. The lowest BCUT2D eigenvalue weighted by Crippen LogP contribution is -2.46. The molecule has 0 aliphatic heterocycles. The van der Waals surface area contributed by atoms with Crippen molar-refractivity contribution in [2.75, 3.05) is 31.2 Å². The van der Waals surface area contributed by atoms with Gasteiger partial charge in [0.15, 0.2) is 0 Å². The fourth-order valence-corrected chi connectivity index (χ4v) is 3.65. The van der Waals surface area contributed by atoms with Gasteiger partial charge < -0.3 is 25.6 Å². The summed E-state index contributed by atoms with van der Waals surface area (Å²) in [7, 11) is 3.33. The van der Waals surface area contributed by atoms with Crippen LogP contribution in [0.1, 0.15) is 40.0 Å². The van der Waals surface area contributed by atoms with Gasteiger partial charge in [-0.25, -0.2) is 0 Å². The Morgan fingerprint density at radius 3 is 2.28 bits per heavy atom. The van der Waals surface area contributed by atoms with E-state index in [9.17, 15) is 19.5 Å². The van der Waals surface area contributed by atoms with Crippen molar-refractivity contribution in [3.63, 3.8) is 0 Å². The second-order valence-corrected chi connectivity index (χ2v) is 9.09. The highest BCUT2D eigenvalue weighted by atomic mass is 33.1. The van der Waals surface area contributed by atoms with Crippen molar-refractivity contribution in [1.29, 1.82) is 0 Å². The van der Waals surface area contributed by atoms with Gasteiger partial charge in [-0.15, -0.1) is 0 Å². The molecule has 2 amide bonds. The first-order chi connectivity index (χ1) is 11.7. The Kier molecular flexibility index (Phi) is 13.0. The standard InChI is InChI=1S/C16H30N2O5S2/c1-12(20)5-4-9-24-25-10-8-17-13(21)6-7-18-15(23)14(22)16(2,3)11-19/h14,19,22H,4-11H2,1-3H3,(H,17,21)(H,18,23)/t14-/m0/s1. The number of hydrogen-bond acceptors (Lipinski definition) is 7. The molecule has 0 aromatic carbocycles. The summed E-state index contributed by atoms with van der Waals surface area (Å²) < 4.78 is 0. The maximum Gasteiger partial charge on any atom is 0.249 e. The summed E-state index contributed by atoms with van der Waals surface area (Å²) in [6, 6.07) is 0. The van der Waals surface area contributed by atoms with E-state index in [0.29, 0.717) is 13.0 Å². The fourth-order valence-electron chi connectivity index (χ4n) is 1.66. The number of aliphatic hydroxyl groups is 2. The van der Waals surface area contributed by atoms with Crippen LogP contribution in [0.15, 0.2) is 0 Å². The molecule has 0 heterocycles. The van der Waals surface area contributed by atoms with Crippen LogP contribution in [0, 0.1) is 5.41 Å². The maximum absolute atomic E-state index is 11.7. The van der Waals surface area contributed by atoms with E-state index in [1.807, 2.05) is 0 Å². The van der Waals surface area contributed by atoms with Crippen LogP contribution in [0.4, 0.5) is 0 Å². The first kappa shape index (κ1) is 24.2. The normalized spacial score (nSPS) is 12.5. The Morgan fingerprint density at radius 1 is 1.04 bits per heavy atom. The van der Waals surface area contributed by atoms with Gasteiger partial charge in [0.2, 0.25) is 11.8 Å². The van der Waals surface area contributed by atoms with Gasteiger partial charge in [0.05, 0.1) is 6.61 Å². The van der Waals surface area contributed by atoms with Gasteiger partial charge >= 0.3 is 0 Å². The van der Waals surface area contributed by atoms with Crippen LogP contribution in [0.25, 0.3) is 0 Å². The number of ketones is 1. The lowest BCUT2D eigenvalue weighted by Gasteiger charge is -2.27. The van der Waals surface area contributed by atoms with Crippen molar-refractivity contribution in [2.24, 2.45) is 5.41 Å². The molecular formula is C16H30N2O5S2. The molecular weight excluding hydrogens is 364 g/mol. The average molecular weight is 395 g/mol. The highest BCUT2D eigenvalue weighted by Crippen LogP contribution is 2.21. The van der Waals surface area contributed by atoms with Crippen molar-refractivity contribution in [3.8, 4) is 0 Å². The van der Waals surface area contributed by atoms with Crippen molar-refractivity contribution >= 4 is 39.2 Å². The molecule has 0 saturated carbocycles. The SMILES string of the molecule is CC(=O)CCCSSCCNC(=O)CCNC(=O)[C@H](O)C(C)(C)CO. The number of amides is 2. The number of nitrogens with one attached hydrogen (secondary N) is 2. The van der Waals surface area contributed by atoms with E-state index in [-0.39, 0.29) is 31.3 Å². The molecule has 0 bridgehead atoms. The topological polar surface area (TPSA) is 116 Å². The number of Topliss-reactive ketones (excluding diaryl/α,β-unsaturated/α-hetero) is 1. The van der Waals surface area contributed by atoms with Crippen LogP contribution in [0.3, 0.4) is 0 Å². The van der Waals surface area contributed by atoms with Gasteiger partial charge in [-0.05, 0) is 13.3 Å². The first-order valence-electron chi connectivity index (χ1n) is 8.28. The minimum Gasteiger partial charge on any atom is -0.396 e. The summed E-state index contributed by atoms with van der Waals surface area (Å²) in [5.74, 6) is 1.13. The molecule has 1 atom stereocenters. The predicted octanol–water partition coefficient (Wildman–Crippen LogP) is 0.739. The summed E-state index contributed by atoms with van der Waals surface area (Å²) in [5, 5.41) is 24.2. The third-order valence-corrected chi connectivity index (χ3v) is 5.89. The van der Waals surface area contributed by atoms with E-state index in [1.54, 1.807) is 42.4 Å². The molecule has 0 fully saturated rings. The van der Waals surface area contributed by atoms with Gasteiger partial charge in [-0.2, -0.15) is 0 Å². The molecule has 146 valence electrons. The summed E-state index contributed by atoms with van der Waals surface area (Å²) in [4.78, 5) is 34.1. The minimum absolute atomic E-state index is 0.133. The van der Waals surface area contributed by atoms with Crippen molar-refractivity contribution in [2.45, 2.75) is 46.1 Å². The van der Waals surface area contributed by atoms with E-state index in [0.717, 1.165) is 17.9 Å². The number of hydrogen-bond donors (Lipinski definition) is 4. The Hall–Kier alpha value is -0.770. The first-order valence-corrected chi connectivity index (χ1v) is 10.8. The van der Waals surface area contributed by atoms with E-state index < -0.39 is 17.4 Å². The zero-order valence-electron chi connectivity index (χ0n) is 15.2. The molecule has 4 N–H and O–H groups in total. The number of carbonyl (C=O) groups excluding carboxylic acids is 3. The number of rotatable bonds is 14. The summed E-state index contributed by atoms with van der Waals surface area (Å²) in [6.45, 7) is 5.11. The van der Waals surface area contributed by atoms with Gasteiger partial charge in [-0.1, -0.05) is 35.4 Å². The molecule has 0 aliphatic rings. The molecule has 0 radical (unpaired) electrons. The highest BCUT2D eigenvalue weighted by Gasteiger charge is 2.32. The van der Waals surface area contributed by atoms with Crippen molar-refractivity contribution < 1.29 is 24.6 Å².